The fraction of sp³-hybridized carbons (Fsp3) is 0.231. The first kappa shape index (κ1) is 21.4. The van der Waals surface area contributed by atoms with Gasteiger partial charge in [0, 0.05) is 16.8 Å². The smallest absolute Gasteiger partial charge is 0.255 e. The van der Waals surface area contributed by atoms with Crippen LogP contribution >= 0.6 is 0 Å². The molecule has 1 N–H and O–H groups in total. The summed E-state index contributed by atoms with van der Waals surface area (Å²) in [5.41, 5.74) is 4.86. The Morgan fingerprint density at radius 3 is 2.44 bits per heavy atom. The zero-order chi connectivity index (χ0) is 22.7. The van der Waals surface area contributed by atoms with Gasteiger partial charge < -0.3 is 19.2 Å². The van der Waals surface area contributed by atoms with Crippen LogP contribution in [0.3, 0.4) is 0 Å². The van der Waals surface area contributed by atoms with Gasteiger partial charge in [0.15, 0.2) is 17.1 Å². The van der Waals surface area contributed by atoms with Crippen molar-refractivity contribution in [3.63, 3.8) is 0 Å². The van der Waals surface area contributed by atoms with Gasteiger partial charge in [0.25, 0.3) is 5.91 Å². The summed E-state index contributed by atoms with van der Waals surface area (Å²) in [6, 6.07) is 18.6. The molecule has 3 aromatic carbocycles. The molecule has 0 aliphatic rings. The number of rotatable bonds is 7. The Morgan fingerprint density at radius 1 is 1.00 bits per heavy atom. The normalized spacial score (nSPS) is 11.9. The van der Waals surface area contributed by atoms with E-state index in [1.807, 2.05) is 30.3 Å². The van der Waals surface area contributed by atoms with E-state index in [0.717, 1.165) is 23.1 Å². The lowest BCUT2D eigenvalue weighted by Gasteiger charge is -2.10. The van der Waals surface area contributed by atoms with Crippen molar-refractivity contribution in [3.05, 3.63) is 71.8 Å². The van der Waals surface area contributed by atoms with Crippen molar-refractivity contribution in [2.24, 2.45) is 0 Å². The summed E-state index contributed by atoms with van der Waals surface area (Å²) < 4.78 is 16.4. The number of anilines is 1. The molecule has 164 valence electrons. The molecule has 0 saturated carbocycles. The second-order valence-corrected chi connectivity index (χ2v) is 7.66. The highest BCUT2D eigenvalue weighted by molar-refractivity contribution is 6.04. The van der Waals surface area contributed by atoms with Gasteiger partial charge in [-0.25, -0.2) is 4.98 Å². The largest absolute Gasteiger partial charge is 0.493 e. The Morgan fingerprint density at radius 2 is 1.75 bits per heavy atom. The summed E-state index contributed by atoms with van der Waals surface area (Å²) in [6.07, 6.45) is 1.08. The van der Waals surface area contributed by atoms with Crippen LogP contribution in [0.1, 0.15) is 42.1 Å². The van der Waals surface area contributed by atoms with Gasteiger partial charge in [0.1, 0.15) is 5.52 Å². The van der Waals surface area contributed by atoms with Crippen LogP contribution in [0.25, 0.3) is 22.6 Å². The third-order valence-electron chi connectivity index (χ3n) is 5.63. The van der Waals surface area contributed by atoms with Crippen molar-refractivity contribution in [1.29, 1.82) is 0 Å². The maximum Gasteiger partial charge on any atom is 0.255 e. The number of carbonyl (C=O) groups excluding carboxylic acids is 1. The summed E-state index contributed by atoms with van der Waals surface area (Å²) >= 11 is 0. The van der Waals surface area contributed by atoms with E-state index in [1.165, 1.54) is 12.7 Å². The van der Waals surface area contributed by atoms with E-state index in [4.69, 9.17) is 13.9 Å². The number of amides is 1. The Labute approximate surface area is 187 Å². The van der Waals surface area contributed by atoms with E-state index in [-0.39, 0.29) is 5.91 Å². The molecule has 0 radical (unpaired) electrons. The number of aromatic nitrogens is 1. The number of ether oxygens (including phenoxy) is 2. The second kappa shape index (κ2) is 9.14. The Bertz CT molecular complexity index is 1240. The third kappa shape index (κ3) is 4.30. The molecule has 0 saturated heterocycles. The molecule has 4 rings (SSSR count). The molecule has 1 aromatic heterocycles. The molecule has 6 heteroatoms. The topological polar surface area (TPSA) is 73.6 Å². The van der Waals surface area contributed by atoms with Gasteiger partial charge in [-0.05, 0) is 72.5 Å². The van der Waals surface area contributed by atoms with E-state index in [2.05, 4.69) is 36.3 Å². The van der Waals surface area contributed by atoms with Gasteiger partial charge in [0.2, 0.25) is 5.89 Å². The van der Waals surface area contributed by atoms with Crippen LogP contribution in [0.2, 0.25) is 0 Å². The lowest BCUT2D eigenvalue weighted by atomic mass is 9.98. The molecule has 4 aromatic rings. The maximum atomic E-state index is 12.6. The van der Waals surface area contributed by atoms with Crippen LogP contribution in [0.5, 0.6) is 11.5 Å². The van der Waals surface area contributed by atoms with Crippen molar-refractivity contribution >= 4 is 22.7 Å². The third-order valence-corrected chi connectivity index (χ3v) is 5.63. The fourth-order valence-electron chi connectivity index (χ4n) is 3.49. The van der Waals surface area contributed by atoms with Crippen LogP contribution < -0.4 is 14.8 Å². The minimum Gasteiger partial charge on any atom is -0.493 e. The Balaban J connectivity index is 1.51. The predicted molar refractivity (Wildman–Crippen MR) is 126 cm³/mol. The number of hydrogen-bond donors (Lipinski definition) is 1. The first-order valence-corrected chi connectivity index (χ1v) is 10.6. The molecule has 1 atom stereocenters. The molecule has 0 bridgehead atoms. The van der Waals surface area contributed by atoms with Gasteiger partial charge >= 0.3 is 0 Å². The van der Waals surface area contributed by atoms with E-state index in [9.17, 15) is 4.79 Å². The fourth-order valence-corrected chi connectivity index (χ4v) is 3.49. The summed E-state index contributed by atoms with van der Waals surface area (Å²) in [6.45, 7) is 4.38. The molecular weight excluding hydrogens is 404 g/mol. The van der Waals surface area contributed by atoms with Crippen molar-refractivity contribution in [2.45, 2.75) is 26.2 Å². The first-order chi connectivity index (χ1) is 15.5. The second-order valence-electron chi connectivity index (χ2n) is 7.66. The highest BCUT2D eigenvalue weighted by Gasteiger charge is 2.13. The lowest BCUT2D eigenvalue weighted by Crippen LogP contribution is -2.12. The highest BCUT2D eigenvalue weighted by Crippen LogP contribution is 2.30. The molecule has 0 aliphatic carbocycles. The summed E-state index contributed by atoms with van der Waals surface area (Å²) in [4.78, 5) is 17.3. The maximum absolute atomic E-state index is 12.6. The Hall–Kier alpha value is -3.80. The number of oxazole rings is 1. The van der Waals surface area contributed by atoms with Crippen LogP contribution in [0, 0.1) is 0 Å². The average Bonchev–Trinajstić information content (AvgIpc) is 3.26. The number of nitrogens with zero attached hydrogens (tertiary/aromatic N) is 1. The van der Waals surface area contributed by atoms with Crippen LogP contribution in [-0.2, 0) is 0 Å². The van der Waals surface area contributed by atoms with E-state index in [1.54, 1.807) is 25.3 Å². The summed E-state index contributed by atoms with van der Waals surface area (Å²) in [5, 5.41) is 2.89. The molecule has 0 fully saturated rings. The monoisotopic (exact) mass is 430 g/mol. The number of benzene rings is 3. The van der Waals surface area contributed by atoms with Gasteiger partial charge in [-0.1, -0.05) is 19.9 Å². The minimum atomic E-state index is -0.238. The zero-order valence-electron chi connectivity index (χ0n) is 18.6. The predicted octanol–water partition coefficient (Wildman–Crippen LogP) is 6.28. The van der Waals surface area contributed by atoms with E-state index in [0.29, 0.717) is 34.6 Å². The number of carbonyl (C=O) groups is 1. The van der Waals surface area contributed by atoms with Gasteiger partial charge in [-0.15, -0.1) is 0 Å². The highest BCUT2D eigenvalue weighted by atomic mass is 16.5. The average molecular weight is 431 g/mol. The van der Waals surface area contributed by atoms with Crippen LogP contribution in [-0.4, -0.2) is 25.1 Å². The standard InChI is InChI=1S/C26H26N2O4/c1-5-16(2)18-8-12-22-21(14-18)28-26(32-22)17-6-10-20(11-7-17)27-25(29)19-9-13-23(30-3)24(15-19)31-4/h6-16H,5H2,1-4H3,(H,27,29)/t16-/m1/s1. The molecule has 0 spiro atoms. The van der Waals surface area contributed by atoms with Crippen LogP contribution in [0.4, 0.5) is 5.69 Å². The van der Waals surface area contributed by atoms with Crippen molar-refractivity contribution in [2.75, 3.05) is 19.5 Å². The molecule has 6 nitrogen and oxygen atoms in total. The number of nitrogens with one attached hydrogen (secondary N) is 1. The number of methoxy groups -OCH3 is 2. The summed E-state index contributed by atoms with van der Waals surface area (Å²) in [5.74, 6) is 1.87. The molecule has 0 aliphatic heterocycles. The van der Waals surface area contributed by atoms with Crippen LogP contribution in [0.15, 0.2) is 65.1 Å². The van der Waals surface area contributed by atoms with Crippen molar-refractivity contribution < 1.29 is 18.7 Å². The van der Waals surface area contributed by atoms with Gasteiger partial charge in [0.05, 0.1) is 14.2 Å². The summed E-state index contributed by atoms with van der Waals surface area (Å²) in [7, 11) is 3.09. The van der Waals surface area contributed by atoms with E-state index < -0.39 is 0 Å². The quantitative estimate of drug-likeness (QED) is 0.374. The zero-order valence-corrected chi connectivity index (χ0v) is 18.6. The van der Waals surface area contributed by atoms with Crippen molar-refractivity contribution in [3.8, 4) is 23.0 Å². The lowest BCUT2D eigenvalue weighted by molar-refractivity contribution is 0.102. The SMILES string of the molecule is CC[C@@H](C)c1ccc2oc(-c3ccc(NC(=O)c4ccc(OC)c(OC)c4)cc3)nc2c1. The molecule has 0 unspecified atom stereocenters. The molecule has 1 heterocycles. The molecule has 32 heavy (non-hydrogen) atoms. The Kier molecular flexibility index (Phi) is 6.12. The number of fused-ring (bicyclic) bond motifs is 1. The first-order valence-electron chi connectivity index (χ1n) is 10.6. The van der Waals surface area contributed by atoms with Crippen molar-refractivity contribution in [1.82, 2.24) is 4.98 Å². The van der Waals surface area contributed by atoms with E-state index >= 15 is 0 Å². The minimum absolute atomic E-state index is 0.238. The van der Waals surface area contributed by atoms with Gasteiger partial charge in [-0.2, -0.15) is 0 Å². The molecule has 1 amide bonds. The molecular formula is C26H26N2O4. The van der Waals surface area contributed by atoms with Gasteiger partial charge in [-0.3, -0.25) is 4.79 Å². The number of hydrogen-bond acceptors (Lipinski definition) is 5.